The largest absolute Gasteiger partial charge is 0.325 e. The van der Waals surface area contributed by atoms with Crippen LogP contribution >= 0.6 is 11.3 Å². The summed E-state index contributed by atoms with van der Waals surface area (Å²) in [5.74, 6) is -0.220. The van der Waals surface area contributed by atoms with Crippen LogP contribution in [-0.4, -0.2) is 10.9 Å². The van der Waals surface area contributed by atoms with Crippen LogP contribution in [0.3, 0.4) is 0 Å². The lowest BCUT2D eigenvalue weighted by atomic mass is 9.98. The van der Waals surface area contributed by atoms with Gasteiger partial charge in [0.05, 0.1) is 16.4 Å². The molecule has 118 valence electrons. The lowest BCUT2D eigenvalue weighted by molar-refractivity contribution is -0.117. The van der Waals surface area contributed by atoms with Gasteiger partial charge in [0.15, 0.2) is 0 Å². The zero-order valence-electron chi connectivity index (χ0n) is 13.7. The van der Waals surface area contributed by atoms with Gasteiger partial charge in [0.1, 0.15) is 11.6 Å². The molecule has 23 heavy (non-hydrogen) atoms. The van der Waals surface area contributed by atoms with E-state index in [1.165, 1.54) is 18.3 Å². The van der Waals surface area contributed by atoms with Gasteiger partial charge in [0.25, 0.3) is 0 Å². The number of amides is 1. The Morgan fingerprint density at radius 3 is 2.39 bits per heavy atom. The molecule has 0 bridgehead atoms. The second-order valence-corrected chi connectivity index (χ2v) is 7.06. The van der Waals surface area contributed by atoms with Crippen LogP contribution in [0.1, 0.15) is 44.0 Å². The zero-order chi connectivity index (χ0) is 17.0. The van der Waals surface area contributed by atoms with Crippen molar-refractivity contribution in [1.82, 2.24) is 10.3 Å². The minimum Gasteiger partial charge on any atom is -0.325 e. The van der Waals surface area contributed by atoms with Crippen LogP contribution in [0.4, 0.5) is 0 Å². The fourth-order valence-corrected chi connectivity index (χ4v) is 2.93. The van der Waals surface area contributed by atoms with E-state index < -0.39 is 0 Å². The highest BCUT2D eigenvalue weighted by atomic mass is 32.1. The highest BCUT2D eigenvalue weighted by Crippen LogP contribution is 2.30. The van der Waals surface area contributed by atoms with Crippen molar-refractivity contribution in [1.29, 1.82) is 5.26 Å². The molecule has 1 heterocycles. The number of thiazole rings is 1. The number of nitrogens with zero attached hydrogens (tertiary/aromatic N) is 2. The van der Waals surface area contributed by atoms with Gasteiger partial charge in [-0.2, -0.15) is 5.26 Å². The Hall–Kier alpha value is -2.45. The normalized spacial score (nSPS) is 12.3. The van der Waals surface area contributed by atoms with Gasteiger partial charge >= 0.3 is 0 Å². The predicted octanol–water partition coefficient (Wildman–Crippen LogP) is 3.97. The van der Waals surface area contributed by atoms with E-state index in [-0.39, 0.29) is 11.3 Å². The molecule has 0 fully saturated rings. The molecule has 0 atom stereocenters. The molecule has 0 unspecified atom stereocenters. The molecule has 4 nitrogen and oxygen atoms in total. The molecule has 1 aromatic carbocycles. The van der Waals surface area contributed by atoms with E-state index in [9.17, 15) is 10.1 Å². The molecule has 1 N–H and O–H groups in total. The Bertz CT molecular complexity index is 777. The van der Waals surface area contributed by atoms with Crippen molar-refractivity contribution in [3.05, 3.63) is 52.0 Å². The highest BCUT2D eigenvalue weighted by Gasteiger charge is 2.21. The summed E-state index contributed by atoms with van der Waals surface area (Å²) >= 11 is 1.52. The van der Waals surface area contributed by atoms with Crippen molar-refractivity contribution in [3.8, 4) is 6.07 Å². The third-order valence-electron chi connectivity index (χ3n) is 3.13. The summed E-state index contributed by atoms with van der Waals surface area (Å²) in [6.07, 6.45) is 0. The number of aromatic nitrogens is 1. The van der Waals surface area contributed by atoms with Crippen molar-refractivity contribution in [2.24, 2.45) is 0 Å². The van der Waals surface area contributed by atoms with Gasteiger partial charge < -0.3 is 5.32 Å². The molecule has 1 aromatic heterocycles. The zero-order valence-corrected chi connectivity index (χ0v) is 14.5. The summed E-state index contributed by atoms with van der Waals surface area (Å²) in [7, 11) is 0. The number of carbonyl (C=O) groups is 1. The Morgan fingerprint density at radius 1 is 1.26 bits per heavy atom. The smallest absolute Gasteiger partial charge is 0.221 e. The van der Waals surface area contributed by atoms with Crippen LogP contribution in [0.25, 0.3) is 11.3 Å². The van der Waals surface area contributed by atoms with Crippen molar-refractivity contribution in [2.45, 2.75) is 33.1 Å². The Kier molecular flexibility index (Phi) is 4.97. The van der Waals surface area contributed by atoms with Crippen molar-refractivity contribution >= 4 is 28.5 Å². The fraction of sp³-hybridized carbons (Fsp3) is 0.278. The molecule has 2 aromatic rings. The van der Waals surface area contributed by atoms with Crippen LogP contribution in [0.2, 0.25) is 0 Å². The standard InChI is InChI=1S/C18H19N3OS/c1-12(22)20-16(13-8-6-5-7-9-13)14(10-19)15-11-23-17(21-15)18(2,3)4/h5-9,11H,1-4H3,(H,20,22). The number of nitrogens with one attached hydrogen (secondary N) is 1. The first-order chi connectivity index (χ1) is 10.8. The lowest BCUT2D eigenvalue weighted by Gasteiger charge is -2.14. The SMILES string of the molecule is CC(=O)NC(=C(C#N)c1csc(C(C)(C)C)n1)c1ccccc1. The van der Waals surface area contributed by atoms with Crippen LogP contribution < -0.4 is 5.32 Å². The van der Waals surface area contributed by atoms with E-state index in [4.69, 9.17) is 0 Å². The summed E-state index contributed by atoms with van der Waals surface area (Å²) in [6, 6.07) is 11.5. The number of hydrogen-bond donors (Lipinski definition) is 1. The number of benzene rings is 1. The van der Waals surface area contributed by atoms with Crippen molar-refractivity contribution in [3.63, 3.8) is 0 Å². The third kappa shape index (κ3) is 4.05. The Labute approximate surface area is 140 Å². The van der Waals surface area contributed by atoms with Crippen molar-refractivity contribution in [2.75, 3.05) is 0 Å². The summed E-state index contributed by atoms with van der Waals surface area (Å²) in [5, 5.41) is 15.2. The maximum Gasteiger partial charge on any atom is 0.221 e. The minimum absolute atomic E-state index is 0.0790. The minimum atomic E-state index is -0.220. The molecule has 2 rings (SSSR count). The molecule has 0 aliphatic heterocycles. The number of carbonyl (C=O) groups excluding carboxylic acids is 1. The fourth-order valence-electron chi connectivity index (χ4n) is 2.03. The maximum atomic E-state index is 11.6. The molecule has 0 spiro atoms. The molecule has 0 aliphatic rings. The third-order valence-corrected chi connectivity index (χ3v) is 4.40. The Balaban J connectivity index is 2.60. The highest BCUT2D eigenvalue weighted by molar-refractivity contribution is 7.10. The number of allylic oxidation sites excluding steroid dienone is 1. The molecule has 1 amide bonds. The van der Waals surface area contributed by atoms with E-state index >= 15 is 0 Å². The van der Waals surface area contributed by atoms with Crippen LogP contribution in [0.15, 0.2) is 35.7 Å². The second-order valence-electron chi connectivity index (χ2n) is 6.20. The quantitative estimate of drug-likeness (QED) is 0.868. The van der Waals surface area contributed by atoms with Gasteiger partial charge in [0, 0.05) is 17.7 Å². The number of rotatable bonds is 3. The summed E-state index contributed by atoms with van der Waals surface area (Å²) in [4.78, 5) is 16.2. The monoisotopic (exact) mass is 325 g/mol. The van der Waals surface area contributed by atoms with E-state index in [0.717, 1.165) is 10.6 Å². The number of hydrogen-bond acceptors (Lipinski definition) is 4. The topological polar surface area (TPSA) is 65.8 Å². The molecule has 0 saturated heterocycles. The molecule has 0 radical (unpaired) electrons. The average molecular weight is 325 g/mol. The lowest BCUT2D eigenvalue weighted by Crippen LogP contribution is -2.19. The van der Waals surface area contributed by atoms with Gasteiger partial charge in [-0.25, -0.2) is 4.98 Å². The molecule has 0 saturated carbocycles. The first kappa shape index (κ1) is 16.9. The predicted molar refractivity (Wildman–Crippen MR) is 93.5 cm³/mol. The Morgan fingerprint density at radius 2 is 1.91 bits per heavy atom. The van der Waals surface area contributed by atoms with Crippen LogP contribution in [-0.2, 0) is 10.2 Å². The first-order valence-electron chi connectivity index (χ1n) is 7.26. The van der Waals surface area contributed by atoms with Gasteiger partial charge in [-0.05, 0) is 5.56 Å². The van der Waals surface area contributed by atoms with E-state index in [0.29, 0.717) is 17.0 Å². The summed E-state index contributed by atoms with van der Waals surface area (Å²) in [5.41, 5.74) is 2.16. The molecular weight excluding hydrogens is 306 g/mol. The van der Waals surface area contributed by atoms with Crippen molar-refractivity contribution < 1.29 is 4.79 Å². The van der Waals surface area contributed by atoms with Crippen LogP contribution in [0.5, 0.6) is 0 Å². The van der Waals surface area contributed by atoms with Gasteiger partial charge in [-0.1, -0.05) is 51.1 Å². The van der Waals surface area contributed by atoms with Gasteiger partial charge in [-0.3, -0.25) is 4.79 Å². The van der Waals surface area contributed by atoms with Crippen LogP contribution in [0, 0.1) is 11.3 Å². The molecule has 5 heteroatoms. The average Bonchev–Trinajstić information content (AvgIpc) is 2.97. The first-order valence-corrected chi connectivity index (χ1v) is 8.14. The van der Waals surface area contributed by atoms with Gasteiger partial charge in [-0.15, -0.1) is 11.3 Å². The number of nitriles is 1. The van der Waals surface area contributed by atoms with E-state index in [2.05, 4.69) is 37.1 Å². The summed E-state index contributed by atoms with van der Waals surface area (Å²) in [6.45, 7) is 7.67. The molecular formula is C18H19N3OS. The maximum absolute atomic E-state index is 11.6. The summed E-state index contributed by atoms with van der Waals surface area (Å²) < 4.78 is 0. The van der Waals surface area contributed by atoms with Gasteiger partial charge in [0.2, 0.25) is 5.91 Å². The molecule has 0 aliphatic carbocycles. The second kappa shape index (κ2) is 6.76. The van der Waals surface area contributed by atoms with E-state index in [1.807, 2.05) is 35.7 Å². The van der Waals surface area contributed by atoms with E-state index in [1.54, 1.807) is 0 Å².